The van der Waals surface area contributed by atoms with Gasteiger partial charge in [-0.2, -0.15) is 5.10 Å². The second kappa shape index (κ2) is 4.64. The molecule has 0 aliphatic rings. The second-order valence-electron chi connectivity index (χ2n) is 3.62. The van der Waals surface area contributed by atoms with Crippen molar-refractivity contribution in [2.45, 2.75) is 6.92 Å². The molecule has 6 nitrogen and oxygen atoms in total. The Kier molecular flexibility index (Phi) is 3.18. The summed E-state index contributed by atoms with van der Waals surface area (Å²) in [5, 5.41) is 6.45. The highest BCUT2D eigenvalue weighted by Crippen LogP contribution is 2.08. The summed E-state index contributed by atoms with van der Waals surface area (Å²) in [4.78, 5) is 27.5. The Balaban J connectivity index is 2.79. The third-order valence-corrected chi connectivity index (χ3v) is 2.33. The van der Waals surface area contributed by atoms with Gasteiger partial charge in [0.1, 0.15) is 13.4 Å². The normalized spacial score (nSPS) is 10.5. The summed E-state index contributed by atoms with van der Waals surface area (Å²) in [5.41, 5.74) is -0.0682. The molecule has 0 saturated heterocycles. The number of carbonyl (C=O) groups excluding carboxylic acids is 1. The highest BCUT2D eigenvalue weighted by atomic mass is 16.2. The molecule has 86 valence electrons. The van der Waals surface area contributed by atoms with E-state index in [-0.39, 0.29) is 16.6 Å². The molecule has 1 amide bonds. The molecule has 2 aromatic heterocycles. The summed E-state index contributed by atoms with van der Waals surface area (Å²) in [7, 11) is 11.0. The van der Waals surface area contributed by atoms with Crippen molar-refractivity contribution < 1.29 is 4.79 Å². The van der Waals surface area contributed by atoms with Crippen molar-refractivity contribution in [3.63, 3.8) is 0 Å². The van der Waals surface area contributed by atoms with Crippen LogP contribution in [0.1, 0.15) is 17.4 Å². The van der Waals surface area contributed by atoms with Gasteiger partial charge in [-0.15, -0.1) is 0 Å². The maximum absolute atomic E-state index is 11.8. The highest BCUT2D eigenvalue weighted by molar-refractivity contribution is 6.33. The van der Waals surface area contributed by atoms with Crippen LogP contribution >= 0.6 is 0 Å². The van der Waals surface area contributed by atoms with Crippen LogP contribution < -0.4 is 16.3 Å². The minimum absolute atomic E-state index is 0.00560. The topological polar surface area (TPSA) is 76.9 Å². The zero-order chi connectivity index (χ0) is 13.3. The number of fused-ring (bicyclic) bond motifs is 1. The first-order chi connectivity index (χ1) is 8.54. The van der Waals surface area contributed by atoms with E-state index >= 15 is 0 Å². The molecule has 2 aromatic rings. The van der Waals surface area contributed by atoms with E-state index in [0.29, 0.717) is 16.6 Å². The number of rotatable bonds is 2. The van der Waals surface area contributed by atoms with E-state index in [4.69, 9.17) is 15.8 Å². The zero-order valence-electron chi connectivity index (χ0n) is 9.67. The Morgan fingerprint density at radius 2 is 2.28 bits per heavy atom. The molecular formula is C10H8B2N4O2. The van der Waals surface area contributed by atoms with Crippen LogP contribution in [0.15, 0.2) is 17.1 Å². The highest BCUT2D eigenvalue weighted by Gasteiger charge is 2.15. The lowest BCUT2D eigenvalue weighted by Gasteiger charge is -2.07. The van der Waals surface area contributed by atoms with E-state index in [9.17, 15) is 9.59 Å². The molecule has 8 heteroatoms. The first-order valence-electron chi connectivity index (χ1n) is 5.26. The van der Waals surface area contributed by atoms with Crippen molar-refractivity contribution in [2.75, 3.05) is 6.54 Å². The average molecular weight is 238 g/mol. The lowest BCUT2D eigenvalue weighted by atomic mass is 9.97. The van der Waals surface area contributed by atoms with Gasteiger partial charge in [0, 0.05) is 12.7 Å². The number of amides is 1. The molecule has 0 aliphatic heterocycles. The number of nitrogens with zero attached hydrogens (tertiary/aromatic N) is 3. The number of hydrogen-bond acceptors (Lipinski definition) is 4. The molecule has 0 fully saturated rings. The molecule has 1 N–H and O–H groups in total. The molecule has 0 unspecified atom stereocenters. The van der Waals surface area contributed by atoms with Crippen LogP contribution in [0.3, 0.4) is 0 Å². The number of hydrogen-bond donors (Lipinski definition) is 1. The van der Waals surface area contributed by atoms with E-state index in [0.717, 1.165) is 0 Å². The van der Waals surface area contributed by atoms with Crippen molar-refractivity contribution in [2.24, 2.45) is 0 Å². The van der Waals surface area contributed by atoms with E-state index in [2.05, 4.69) is 15.4 Å². The largest absolute Gasteiger partial charge is 0.351 e. The maximum atomic E-state index is 11.8. The number of carbonyl (C=O) groups is 1. The number of nitrogens with one attached hydrogen (secondary N) is 1. The molecule has 0 aromatic carbocycles. The molecule has 0 aliphatic carbocycles. The monoisotopic (exact) mass is 238 g/mol. The smallest absolute Gasteiger partial charge is 0.273 e. The molecule has 18 heavy (non-hydrogen) atoms. The van der Waals surface area contributed by atoms with Crippen molar-refractivity contribution >= 4 is 38.1 Å². The Hall–Kier alpha value is -2.11. The number of pyridine rings is 1. The maximum Gasteiger partial charge on any atom is 0.273 e. The van der Waals surface area contributed by atoms with Crippen molar-refractivity contribution in [1.82, 2.24) is 20.0 Å². The van der Waals surface area contributed by atoms with Gasteiger partial charge < -0.3 is 5.32 Å². The lowest BCUT2D eigenvalue weighted by molar-refractivity contribution is 0.0951. The first-order valence-corrected chi connectivity index (χ1v) is 5.26. The number of aromatic nitrogens is 3. The van der Waals surface area contributed by atoms with Gasteiger partial charge in [-0.05, 0) is 6.92 Å². The van der Waals surface area contributed by atoms with Crippen LogP contribution in [-0.4, -0.2) is 43.0 Å². The van der Waals surface area contributed by atoms with Crippen LogP contribution in [-0.2, 0) is 0 Å². The second-order valence-corrected chi connectivity index (χ2v) is 3.62. The van der Waals surface area contributed by atoms with Gasteiger partial charge in [-0.1, -0.05) is 11.5 Å². The van der Waals surface area contributed by atoms with Crippen molar-refractivity contribution in [3.8, 4) is 0 Å². The summed E-state index contributed by atoms with van der Waals surface area (Å²) >= 11 is 0. The Morgan fingerprint density at radius 3 is 2.94 bits per heavy atom. The van der Waals surface area contributed by atoms with E-state index < -0.39 is 11.5 Å². The van der Waals surface area contributed by atoms with Gasteiger partial charge >= 0.3 is 0 Å². The fourth-order valence-electron chi connectivity index (χ4n) is 1.55. The average Bonchev–Trinajstić information content (AvgIpc) is 2.34. The Morgan fingerprint density at radius 1 is 1.56 bits per heavy atom. The van der Waals surface area contributed by atoms with E-state index in [1.807, 2.05) is 0 Å². The van der Waals surface area contributed by atoms with Crippen LogP contribution in [0.25, 0.3) is 10.9 Å². The van der Waals surface area contributed by atoms with Crippen LogP contribution in [0.5, 0.6) is 0 Å². The quantitative estimate of drug-likeness (QED) is 0.630. The first kappa shape index (κ1) is 12.3. The van der Waals surface area contributed by atoms with Crippen molar-refractivity contribution in [3.05, 3.63) is 28.3 Å². The molecule has 0 spiro atoms. The summed E-state index contributed by atoms with van der Waals surface area (Å²) in [5.74, 6) is -0.445. The van der Waals surface area contributed by atoms with Gasteiger partial charge in [0.2, 0.25) is 0 Å². The van der Waals surface area contributed by atoms with Crippen LogP contribution in [0.4, 0.5) is 0 Å². The fourth-order valence-corrected chi connectivity index (χ4v) is 1.55. The van der Waals surface area contributed by atoms with Gasteiger partial charge in [0.15, 0.2) is 5.69 Å². The molecule has 0 atom stereocenters. The molecule has 2 rings (SSSR count). The molecular weight excluding hydrogens is 230 g/mol. The standard InChI is InChI=1S/C10H8B2N4O2/c1-2-13-9(17)8-7-6(3-5(11)4-14-7)10(18)16(12)15-8/h3-4H,2H2,1H3,(H,13,17). The SMILES string of the molecule is [B]c1cnc2c(C(=O)NCC)nn([B])c(=O)c2c1. The van der Waals surface area contributed by atoms with Crippen molar-refractivity contribution in [1.29, 1.82) is 0 Å². The third kappa shape index (κ3) is 2.01. The fraction of sp³-hybridized carbons (Fsp3) is 0.200. The molecule has 0 bridgehead atoms. The van der Waals surface area contributed by atoms with E-state index in [1.165, 1.54) is 12.3 Å². The summed E-state index contributed by atoms with van der Waals surface area (Å²) in [6.07, 6.45) is 1.35. The van der Waals surface area contributed by atoms with Gasteiger partial charge in [0.05, 0.1) is 5.39 Å². The third-order valence-electron chi connectivity index (χ3n) is 2.33. The van der Waals surface area contributed by atoms with Gasteiger partial charge in [-0.25, -0.2) is 0 Å². The summed E-state index contributed by atoms with van der Waals surface area (Å²) in [6.45, 7) is 2.20. The predicted octanol–water partition coefficient (Wildman–Crippen LogP) is -1.73. The summed E-state index contributed by atoms with van der Waals surface area (Å²) < 4.78 is 0.605. The van der Waals surface area contributed by atoms with Gasteiger partial charge in [-0.3, -0.25) is 19.2 Å². The van der Waals surface area contributed by atoms with Crippen LogP contribution in [0.2, 0.25) is 0 Å². The lowest BCUT2D eigenvalue weighted by Crippen LogP contribution is -2.31. The summed E-state index contributed by atoms with van der Waals surface area (Å²) in [6, 6.07) is 1.42. The van der Waals surface area contributed by atoms with Crippen LogP contribution in [0, 0.1) is 0 Å². The Bertz CT molecular complexity index is 683. The Labute approximate surface area is 105 Å². The molecule has 4 radical (unpaired) electrons. The van der Waals surface area contributed by atoms with Gasteiger partial charge in [0.25, 0.3) is 19.4 Å². The minimum atomic E-state index is -0.558. The molecule has 0 saturated carbocycles. The zero-order valence-corrected chi connectivity index (χ0v) is 9.67. The van der Waals surface area contributed by atoms with E-state index in [1.54, 1.807) is 6.92 Å². The predicted molar refractivity (Wildman–Crippen MR) is 68.3 cm³/mol. The molecule has 2 heterocycles. The minimum Gasteiger partial charge on any atom is -0.351 e.